The first kappa shape index (κ1) is 16.8. The number of nitrogens with two attached hydrogens (primary N) is 1. The first-order valence-electron chi connectivity index (χ1n) is 4.18. The molecule has 0 saturated heterocycles. The van der Waals surface area contributed by atoms with Crippen LogP contribution in [0.1, 0.15) is 0 Å². The van der Waals surface area contributed by atoms with Gasteiger partial charge >= 0.3 is 0 Å². The third-order valence-electron chi connectivity index (χ3n) is 1.07. The van der Waals surface area contributed by atoms with Crippen LogP contribution in [-0.2, 0) is 14.8 Å². The fourth-order valence-electron chi connectivity index (χ4n) is 0.433. The molecule has 0 saturated carbocycles. The summed E-state index contributed by atoms with van der Waals surface area (Å²) in [5, 5.41) is 4.33. The smallest absolute Gasteiger partial charge is 0.206 e. The quantitative estimate of drug-likeness (QED) is 0.473. The van der Waals surface area contributed by atoms with Crippen LogP contribution in [-0.4, -0.2) is 35.4 Å². The fraction of sp³-hybridized carbons (Fsp3) is 1.00. The third kappa shape index (κ3) is 39.4. The Bertz CT molecular complexity index is 218. The van der Waals surface area contributed by atoms with E-state index >= 15 is 0 Å². The second-order valence-corrected chi connectivity index (χ2v) is 11.7. The number of alkyl halides is 1. The van der Waals surface area contributed by atoms with Crippen LogP contribution in [0.15, 0.2) is 0 Å². The summed E-state index contributed by atoms with van der Waals surface area (Å²) >= 11 is 5.32. The molecule has 0 aliphatic carbocycles. The monoisotopic (exact) mass is 261 g/mol. The van der Waals surface area contributed by atoms with E-state index in [-0.39, 0.29) is 0 Å². The normalized spacial score (nSPS) is 11.9. The standard InChI is InChI=1S/C6H15ClOSi.CH5NO2S/c1-9(2,3)5-4-8-6-7;1-5(2,3)4/h4-6H2,1-3H3;1H3,(H2,2,3,4). The molecule has 0 heterocycles. The molecule has 0 amide bonds. The highest BCUT2D eigenvalue weighted by atomic mass is 35.5. The Labute approximate surface area is 92.8 Å². The highest BCUT2D eigenvalue weighted by Crippen LogP contribution is 2.07. The number of ether oxygens (including phenoxy) is 1. The summed E-state index contributed by atoms with van der Waals surface area (Å²) in [6.07, 6.45) is 0.938. The van der Waals surface area contributed by atoms with E-state index in [2.05, 4.69) is 24.8 Å². The van der Waals surface area contributed by atoms with Gasteiger partial charge in [0.05, 0.1) is 6.26 Å². The van der Waals surface area contributed by atoms with E-state index in [9.17, 15) is 8.42 Å². The molecule has 0 aromatic heterocycles. The zero-order valence-electron chi connectivity index (χ0n) is 9.21. The molecule has 0 bridgehead atoms. The zero-order valence-corrected chi connectivity index (χ0v) is 11.8. The van der Waals surface area contributed by atoms with Gasteiger partial charge in [-0.25, -0.2) is 13.6 Å². The summed E-state index contributed by atoms with van der Waals surface area (Å²) in [6, 6.07) is 1.55. The maximum atomic E-state index is 9.41. The van der Waals surface area contributed by atoms with Crippen molar-refractivity contribution in [3.8, 4) is 0 Å². The molecule has 7 heteroatoms. The van der Waals surface area contributed by atoms with Crippen molar-refractivity contribution in [3.63, 3.8) is 0 Å². The van der Waals surface area contributed by atoms with Crippen LogP contribution in [0, 0.1) is 0 Å². The van der Waals surface area contributed by atoms with E-state index in [1.807, 2.05) is 0 Å². The lowest BCUT2D eigenvalue weighted by Gasteiger charge is -2.14. The Morgan fingerprint density at radius 1 is 1.36 bits per heavy atom. The summed E-state index contributed by atoms with van der Waals surface area (Å²) in [5.74, 6) is 0. The lowest BCUT2D eigenvalue weighted by Crippen LogP contribution is -2.21. The van der Waals surface area contributed by atoms with Crippen LogP contribution in [0.2, 0.25) is 25.7 Å². The Morgan fingerprint density at radius 2 is 1.71 bits per heavy atom. The minimum atomic E-state index is -3.17. The van der Waals surface area contributed by atoms with Gasteiger partial charge in [-0.15, -0.1) is 0 Å². The molecule has 0 aromatic rings. The summed E-state index contributed by atoms with van der Waals surface area (Å²) in [4.78, 5) is 0. The average Bonchev–Trinajstić information content (AvgIpc) is 1.80. The van der Waals surface area contributed by atoms with Gasteiger partial charge in [-0.3, -0.25) is 0 Å². The van der Waals surface area contributed by atoms with Crippen LogP contribution in [0.3, 0.4) is 0 Å². The topological polar surface area (TPSA) is 69.4 Å². The molecule has 0 aliphatic rings. The Balaban J connectivity index is 0. The molecule has 0 atom stereocenters. The summed E-state index contributed by atoms with van der Waals surface area (Å²) in [5.41, 5.74) is 0. The number of sulfonamides is 1. The van der Waals surface area contributed by atoms with Gasteiger partial charge < -0.3 is 4.74 Å². The van der Waals surface area contributed by atoms with E-state index in [1.54, 1.807) is 0 Å². The Hall–Kier alpha value is 0.377. The van der Waals surface area contributed by atoms with Crippen LogP contribution in [0.4, 0.5) is 0 Å². The van der Waals surface area contributed by atoms with Gasteiger partial charge in [-0.05, 0) is 6.04 Å². The van der Waals surface area contributed by atoms with Crippen LogP contribution >= 0.6 is 11.6 Å². The molecule has 0 unspecified atom stereocenters. The van der Waals surface area contributed by atoms with Crippen molar-refractivity contribution in [2.24, 2.45) is 5.14 Å². The van der Waals surface area contributed by atoms with Gasteiger partial charge in [0.15, 0.2) is 0 Å². The first-order valence-corrected chi connectivity index (χ1v) is 10.4. The van der Waals surface area contributed by atoms with Gasteiger partial charge in [0.1, 0.15) is 6.07 Å². The molecule has 2 N–H and O–H groups in total. The predicted molar refractivity (Wildman–Crippen MR) is 63.9 cm³/mol. The molecule has 0 aliphatic heterocycles. The molecule has 0 radical (unpaired) electrons. The minimum absolute atomic E-state index is 0.338. The van der Waals surface area contributed by atoms with Crippen molar-refractivity contribution < 1.29 is 13.2 Å². The molecule has 88 valence electrons. The van der Waals surface area contributed by atoms with Crippen LogP contribution in [0.25, 0.3) is 0 Å². The molecule has 0 aromatic carbocycles. The summed E-state index contributed by atoms with van der Waals surface area (Å²) < 4.78 is 23.8. The highest BCUT2D eigenvalue weighted by molar-refractivity contribution is 7.88. The maximum Gasteiger partial charge on any atom is 0.206 e. The Morgan fingerprint density at radius 3 is 1.93 bits per heavy atom. The third-order valence-corrected chi connectivity index (χ3v) is 2.93. The highest BCUT2D eigenvalue weighted by Gasteiger charge is 2.11. The number of halogens is 1. The molecule has 0 fully saturated rings. The fourth-order valence-corrected chi connectivity index (χ4v) is 1.30. The van der Waals surface area contributed by atoms with Gasteiger partial charge in [-0.1, -0.05) is 31.2 Å². The van der Waals surface area contributed by atoms with Crippen molar-refractivity contribution >= 4 is 29.7 Å². The van der Waals surface area contributed by atoms with E-state index in [1.165, 1.54) is 6.04 Å². The van der Waals surface area contributed by atoms with Gasteiger partial charge in [0.25, 0.3) is 0 Å². The van der Waals surface area contributed by atoms with Crippen molar-refractivity contribution in [2.75, 3.05) is 18.9 Å². The van der Waals surface area contributed by atoms with E-state index in [0.29, 0.717) is 6.07 Å². The molecule has 4 nitrogen and oxygen atoms in total. The van der Waals surface area contributed by atoms with E-state index in [4.69, 9.17) is 16.3 Å². The molecular weight excluding hydrogens is 242 g/mol. The largest absolute Gasteiger partial charge is 0.366 e. The number of rotatable bonds is 4. The number of primary sulfonamides is 1. The molecule has 0 spiro atoms. The number of hydrogen-bond acceptors (Lipinski definition) is 3. The second-order valence-electron chi connectivity index (χ2n) is 4.16. The predicted octanol–water partition coefficient (Wildman–Crippen LogP) is 1.44. The first-order chi connectivity index (χ1) is 6.06. The van der Waals surface area contributed by atoms with E-state index < -0.39 is 18.1 Å². The van der Waals surface area contributed by atoms with Crippen molar-refractivity contribution in [3.05, 3.63) is 0 Å². The minimum Gasteiger partial charge on any atom is -0.366 e. The van der Waals surface area contributed by atoms with E-state index in [0.717, 1.165) is 12.9 Å². The number of hydrogen-bond donors (Lipinski definition) is 1. The maximum absolute atomic E-state index is 9.41. The van der Waals surface area contributed by atoms with Gasteiger partial charge in [0, 0.05) is 14.7 Å². The lowest BCUT2D eigenvalue weighted by molar-refractivity contribution is 0.194. The zero-order chi connectivity index (χ0) is 11.8. The molecule has 14 heavy (non-hydrogen) atoms. The molecule has 0 rings (SSSR count). The average molecular weight is 262 g/mol. The molecular formula is C7H20ClNO3SSi. The summed E-state index contributed by atoms with van der Waals surface area (Å²) in [7, 11) is -4.04. The van der Waals surface area contributed by atoms with Crippen LogP contribution < -0.4 is 5.14 Å². The SMILES string of the molecule is CS(N)(=O)=O.C[Si](C)(C)CCOCCl. The van der Waals surface area contributed by atoms with Crippen molar-refractivity contribution in [1.29, 1.82) is 0 Å². The van der Waals surface area contributed by atoms with Gasteiger partial charge in [-0.2, -0.15) is 0 Å². The van der Waals surface area contributed by atoms with Crippen molar-refractivity contribution in [2.45, 2.75) is 25.7 Å². The van der Waals surface area contributed by atoms with Crippen LogP contribution in [0.5, 0.6) is 0 Å². The lowest BCUT2D eigenvalue weighted by atomic mass is 10.9. The van der Waals surface area contributed by atoms with Gasteiger partial charge in [0.2, 0.25) is 10.0 Å². The second kappa shape index (κ2) is 7.64. The Kier molecular flexibility index (Phi) is 9.17. The van der Waals surface area contributed by atoms with Crippen molar-refractivity contribution in [1.82, 2.24) is 0 Å². The summed E-state index contributed by atoms with van der Waals surface area (Å²) in [6.45, 7) is 7.80.